The minimum absolute atomic E-state index is 0.0318. The molecule has 0 heterocycles. The van der Waals surface area contributed by atoms with E-state index in [0.29, 0.717) is 11.1 Å². The number of aromatic carboxylic acids is 1. The van der Waals surface area contributed by atoms with Crippen LogP contribution in [0.4, 0.5) is 8.78 Å². The zero-order chi connectivity index (χ0) is 15.0. The Hall–Kier alpha value is -1.75. The maximum absolute atomic E-state index is 14.1. The van der Waals surface area contributed by atoms with E-state index in [-0.39, 0.29) is 21.2 Å². The smallest absolute Gasteiger partial charge is 0.335 e. The highest BCUT2D eigenvalue weighted by molar-refractivity contribution is 9.10. The van der Waals surface area contributed by atoms with Gasteiger partial charge in [-0.2, -0.15) is 0 Å². The van der Waals surface area contributed by atoms with Crippen molar-refractivity contribution in [1.82, 2.24) is 0 Å². The molecule has 2 aromatic rings. The van der Waals surface area contributed by atoms with Gasteiger partial charge in [0.05, 0.1) is 15.6 Å². The van der Waals surface area contributed by atoms with E-state index in [2.05, 4.69) is 15.9 Å². The van der Waals surface area contributed by atoms with Gasteiger partial charge in [0.25, 0.3) is 0 Å². The standard InChI is InChI=1S/C15H11BrF2O2/c1-7-5-8(2)10(15(19)20)6-9(7)13-12(17)4-3-11(16)14(13)18/h3-6H,1-2H3,(H,19,20). The Balaban J connectivity index is 2.80. The van der Waals surface area contributed by atoms with Crippen molar-refractivity contribution in [3.05, 3.63) is 57.1 Å². The summed E-state index contributed by atoms with van der Waals surface area (Å²) in [4.78, 5) is 11.2. The highest BCUT2D eigenvalue weighted by Crippen LogP contribution is 2.34. The first kappa shape index (κ1) is 14.7. The van der Waals surface area contributed by atoms with E-state index in [4.69, 9.17) is 5.11 Å². The predicted octanol–water partition coefficient (Wildman–Crippen LogP) is 4.71. The summed E-state index contributed by atoms with van der Waals surface area (Å²) in [6, 6.07) is 5.33. The molecule has 0 saturated heterocycles. The number of benzene rings is 2. The molecule has 104 valence electrons. The molecule has 0 aliphatic heterocycles. The summed E-state index contributed by atoms with van der Waals surface area (Å²) in [6.45, 7) is 3.33. The number of aryl methyl sites for hydroxylation is 2. The molecule has 2 nitrogen and oxygen atoms in total. The highest BCUT2D eigenvalue weighted by atomic mass is 79.9. The lowest BCUT2D eigenvalue weighted by Crippen LogP contribution is -2.03. The Morgan fingerprint density at radius 3 is 2.40 bits per heavy atom. The van der Waals surface area contributed by atoms with Crippen LogP contribution in [0.15, 0.2) is 28.7 Å². The number of hydrogen-bond acceptors (Lipinski definition) is 1. The summed E-state index contributed by atoms with van der Waals surface area (Å²) in [6.07, 6.45) is 0. The van der Waals surface area contributed by atoms with Crippen LogP contribution in [0.3, 0.4) is 0 Å². The van der Waals surface area contributed by atoms with Crippen LogP contribution in [0.2, 0.25) is 0 Å². The van der Waals surface area contributed by atoms with E-state index in [1.54, 1.807) is 19.9 Å². The summed E-state index contributed by atoms with van der Waals surface area (Å²) in [7, 11) is 0. The molecule has 0 aliphatic carbocycles. The van der Waals surface area contributed by atoms with Crippen LogP contribution >= 0.6 is 15.9 Å². The highest BCUT2D eigenvalue weighted by Gasteiger charge is 2.19. The zero-order valence-corrected chi connectivity index (χ0v) is 12.4. The van der Waals surface area contributed by atoms with Crippen LogP contribution in [0, 0.1) is 25.5 Å². The lowest BCUT2D eigenvalue weighted by molar-refractivity contribution is 0.0696. The normalized spacial score (nSPS) is 10.7. The number of carboxylic acid groups (broad SMARTS) is 1. The number of halogens is 3. The molecule has 0 radical (unpaired) electrons. The fraction of sp³-hybridized carbons (Fsp3) is 0.133. The summed E-state index contributed by atoms with van der Waals surface area (Å²) in [5, 5.41) is 9.12. The molecule has 2 aromatic carbocycles. The quantitative estimate of drug-likeness (QED) is 0.804. The van der Waals surface area contributed by atoms with Crippen molar-refractivity contribution in [3.8, 4) is 11.1 Å². The fourth-order valence-electron chi connectivity index (χ4n) is 2.13. The number of hydrogen-bond donors (Lipinski definition) is 1. The van der Waals surface area contributed by atoms with E-state index in [1.165, 1.54) is 12.1 Å². The van der Waals surface area contributed by atoms with Crippen LogP contribution in [0.1, 0.15) is 21.5 Å². The summed E-state index contributed by atoms with van der Waals surface area (Å²) in [5.41, 5.74) is 1.21. The van der Waals surface area contributed by atoms with Gasteiger partial charge in [-0.15, -0.1) is 0 Å². The molecule has 0 atom stereocenters. The van der Waals surface area contributed by atoms with E-state index in [0.717, 1.165) is 6.07 Å². The van der Waals surface area contributed by atoms with Crippen molar-refractivity contribution in [2.75, 3.05) is 0 Å². The van der Waals surface area contributed by atoms with Crippen LogP contribution in [0.5, 0.6) is 0 Å². The molecule has 0 unspecified atom stereocenters. The number of rotatable bonds is 2. The van der Waals surface area contributed by atoms with E-state index in [1.807, 2.05) is 0 Å². The Bertz CT molecular complexity index is 712. The molecule has 0 bridgehead atoms. The van der Waals surface area contributed by atoms with Gasteiger partial charge in [-0.3, -0.25) is 0 Å². The van der Waals surface area contributed by atoms with E-state index in [9.17, 15) is 13.6 Å². The molecular weight excluding hydrogens is 330 g/mol. The van der Waals surface area contributed by atoms with Gasteiger partial charge in [-0.05, 0) is 64.7 Å². The monoisotopic (exact) mass is 340 g/mol. The second kappa shape index (κ2) is 5.32. The first-order valence-electron chi connectivity index (χ1n) is 5.81. The van der Waals surface area contributed by atoms with Gasteiger partial charge < -0.3 is 5.11 Å². The third kappa shape index (κ3) is 2.45. The lowest BCUT2D eigenvalue weighted by atomic mass is 9.94. The van der Waals surface area contributed by atoms with Crippen molar-refractivity contribution in [1.29, 1.82) is 0 Å². The average molecular weight is 341 g/mol. The largest absolute Gasteiger partial charge is 0.478 e. The average Bonchev–Trinajstić information content (AvgIpc) is 2.36. The fourth-order valence-corrected chi connectivity index (χ4v) is 2.46. The minimum atomic E-state index is -1.13. The van der Waals surface area contributed by atoms with Gasteiger partial charge in [0.15, 0.2) is 0 Å². The Morgan fingerprint density at radius 2 is 1.80 bits per heavy atom. The molecule has 1 N–H and O–H groups in total. The molecule has 0 fully saturated rings. The summed E-state index contributed by atoms with van der Waals surface area (Å²) in [5.74, 6) is -2.60. The molecule has 0 saturated carbocycles. The van der Waals surface area contributed by atoms with Crippen molar-refractivity contribution in [2.45, 2.75) is 13.8 Å². The molecule has 5 heteroatoms. The zero-order valence-electron chi connectivity index (χ0n) is 10.8. The van der Waals surface area contributed by atoms with Gasteiger partial charge in [0.1, 0.15) is 11.6 Å². The van der Waals surface area contributed by atoms with E-state index >= 15 is 0 Å². The van der Waals surface area contributed by atoms with Gasteiger partial charge in [0, 0.05) is 0 Å². The Labute approximate surface area is 123 Å². The van der Waals surface area contributed by atoms with Crippen molar-refractivity contribution >= 4 is 21.9 Å². The van der Waals surface area contributed by atoms with Crippen molar-refractivity contribution in [3.63, 3.8) is 0 Å². The second-order valence-corrected chi connectivity index (χ2v) is 5.36. The van der Waals surface area contributed by atoms with Crippen LogP contribution in [0.25, 0.3) is 11.1 Å². The second-order valence-electron chi connectivity index (χ2n) is 4.51. The van der Waals surface area contributed by atoms with Crippen LogP contribution < -0.4 is 0 Å². The maximum atomic E-state index is 14.1. The third-order valence-electron chi connectivity index (χ3n) is 3.12. The molecular formula is C15H11BrF2O2. The third-order valence-corrected chi connectivity index (χ3v) is 3.73. The molecule has 0 amide bonds. The van der Waals surface area contributed by atoms with Crippen molar-refractivity contribution in [2.24, 2.45) is 0 Å². The number of carbonyl (C=O) groups is 1. The van der Waals surface area contributed by atoms with Gasteiger partial charge in [-0.25, -0.2) is 13.6 Å². The summed E-state index contributed by atoms with van der Waals surface area (Å²) >= 11 is 3.01. The topological polar surface area (TPSA) is 37.3 Å². The summed E-state index contributed by atoms with van der Waals surface area (Å²) < 4.78 is 28.2. The van der Waals surface area contributed by atoms with Crippen LogP contribution in [-0.4, -0.2) is 11.1 Å². The SMILES string of the molecule is Cc1cc(C)c(-c2c(F)ccc(Br)c2F)cc1C(=O)O. The van der Waals surface area contributed by atoms with Gasteiger partial charge >= 0.3 is 5.97 Å². The first-order chi connectivity index (χ1) is 9.32. The van der Waals surface area contributed by atoms with Gasteiger partial charge in [-0.1, -0.05) is 6.07 Å². The van der Waals surface area contributed by atoms with Crippen LogP contribution in [-0.2, 0) is 0 Å². The molecule has 2 rings (SSSR count). The molecule has 0 aromatic heterocycles. The van der Waals surface area contributed by atoms with Gasteiger partial charge in [0.2, 0.25) is 0 Å². The van der Waals surface area contributed by atoms with E-state index < -0.39 is 17.6 Å². The van der Waals surface area contributed by atoms with Crippen molar-refractivity contribution < 1.29 is 18.7 Å². The minimum Gasteiger partial charge on any atom is -0.478 e. The lowest BCUT2D eigenvalue weighted by Gasteiger charge is -2.12. The molecule has 0 spiro atoms. The maximum Gasteiger partial charge on any atom is 0.335 e. The predicted molar refractivity (Wildman–Crippen MR) is 75.9 cm³/mol. The molecule has 20 heavy (non-hydrogen) atoms. The first-order valence-corrected chi connectivity index (χ1v) is 6.60. The molecule has 0 aliphatic rings. The number of carboxylic acids is 1. The Morgan fingerprint density at radius 1 is 1.15 bits per heavy atom. The Kier molecular flexibility index (Phi) is 3.90.